The van der Waals surface area contributed by atoms with E-state index in [1.807, 2.05) is 18.2 Å². The summed E-state index contributed by atoms with van der Waals surface area (Å²) in [5.41, 5.74) is 2.64. The molecule has 19 heavy (non-hydrogen) atoms. The summed E-state index contributed by atoms with van der Waals surface area (Å²) in [5, 5.41) is 2.90. The highest BCUT2D eigenvalue weighted by Crippen LogP contribution is 2.43. The number of benzene rings is 1. The lowest BCUT2D eigenvalue weighted by molar-refractivity contribution is -0.116. The molecule has 1 fully saturated rings. The van der Waals surface area contributed by atoms with E-state index in [1.54, 1.807) is 6.08 Å². The van der Waals surface area contributed by atoms with E-state index >= 15 is 0 Å². The van der Waals surface area contributed by atoms with Crippen molar-refractivity contribution in [1.82, 2.24) is 0 Å². The van der Waals surface area contributed by atoms with Crippen LogP contribution in [0.2, 0.25) is 0 Å². The number of nitrogens with zero attached hydrogens (tertiary/aromatic N) is 1. The molecule has 1 saturated carbocycles. The fraction of sp³-hybridized carbons (Fsp3) is 0.467. The molecule has 1 aliphatic heterocycles. The van der Waals surface area contributed by atoms with E-state index in [0.717, 1.165) is 48.9 Å². The lowest BCUT2D eigenvalue weighted by Gasteiger charge is -2.25. The molecule has 2 aliphatic rings. The van der Waals surface area contributed by atoms with E-state index in [4.69, 9.17) is 0 Å². The topological polar surface area (TPSA) is 58.5 Å². The Kier molecular flexibility index (Phi) is 2.96. The van der Waals surface area contributed by atoms with Crippen LogP contribution in [0.3, 0.4) is 0 Å². The van der Waals surface area contributed by atoms with E-state index in [-0.39, 0.29) is 5.91 Å². The van der Waals surface area contributed by atoms with E-state index in [1.165, 1.54) is 0 Å². The number of fused-ring (bicyclic) bond motifs is 1. The first-order chi connectivity index (χ1) is 9.23. The average molecular weight is 256 g/mol. The molecule has 1 aliphatic carbocycles. The minimum atomic E-state index is -0.418. The first-order valence-electron chi connectivity index (χ1n) is 6.76. The van der Waals surface area contributed by atoms with Crippen LogP contribution < -0.4 is 5.32 Å². The van der Waals surface area contributed by atoms with Crippen LogP contribution in [0.5, 0.6) is 0 Å². The Morgan fingerprint density at radius 1 is 1.21 bits per heavy atom. The van der Waals surface area contributed by atoms with Crippen LogP contribution in [0.4, 0.5) is 5.69 Å². The summed E-state index contributed by atoms with van der Waals surface area (Å²) in [6, 6.07) is 6.07. The van der Waals surface area contributed by atoms with Gasteiger partial charge in [-0.3, -0.25) is 4.79 Å². The van der Waals surface area contributed by atoms with Gasteiger partial charge in [-0.15, -0.1) is 0 Å². The Bertz CT molecular complexity index is 568. The van der Waals surface area contributed by atoms with Crippen LogP contribution in [-0.2, 0) is 21.5 Å². The molecule has 1 aromatic rings. The average Bonchev–Trinajstić information content (AvgIpc) is 2.88. The van der Waals surface area contributed by atoms with Gasteiger partial charge in [0.2, 0.25) is 12.0 Å². The van der Waals surface area contributed by atoms with Crippen LogP contribution >= 0.6 is 0 Å². The lowest BCUT2D eigenvalue weighted by Crippen LogP contribution is -2.22. The normalized spacial score (nSPS) is 20.3. The molecule has 0 unspecified atom stereocenters. The summed E-state index contributed by atoms with van der Waals surface area (Å²) < 4.78 is 0. The van der Waals surface area contributed by atoms with Crippen molar-refractivity contribution in [1.29, 1.82) is 0 Å². The van der Waals surface area contributed by atoms with Crippen molar-refractivity contribution < 1.29 is 9.59 Å². The molecule has 0 spiro atoms. The second-order valence-corrected chi connectivity index (χ2v) is 5.36. The molecule has 0 radical (unpaired) electrons. The first kappa shape index (κ1) is 12.1. The maximum Gasteiger partial charge on any atom is 0.235 e. The predicted octanol–water partition coefficient (Wildman–Crippen LogP) is 2.68. The van der Waals surface area contributed by atoms with Crippen molar-refractivity contribution in [3.8, 4) is 0 Å². The molecule has 3 rings (SSSR count). The summed E-state index contributed by atoms with van der Waals surface area (Å²) in [7, 11) is 0. The molecule has 98 valence electrons. The fourth-order valence-corrected chi connectivity index (χ4v) is 3.17. The van der Waals surface area contributed by atoms with Crippen molar-refractivity contribution in [2.75, 3.05) is 5.32 Å². The monoisotopic (exact) mass is 256 g/mol. The minimum absolute atomic E-state index is 0.0593. The maximum absolute atomic E-state index is 11.5. The fourth-order valence-electron chi connectivity index (χ4n) is 3.17. The molecule has 1 amide bonds. The van der Waals surface area contributed by atoms with Crippen molar-refractivity contribution in [2.24, 2.45) is 4.99 Å². The zero-order valence-electron chi connectivity index (χ0n) is 10.7. The number of carbonyl (C=O) groups is 1. The highest BCUT2D eigenvalue weighted by atomic mass is 16.1. The lowest BCUT2D eigenvalue weighted by atomic mass is 9.87. The molecule has 0 bridgehead atoms. The Morgan fingerprint density at radius 3 is 2.74 bits per heavy atom. The molecular weight excluding hydrogens is 240 g/mol. The molecular formula is C15H16N2O2. The van der Waals surface area contributed by atoms with Crippen LogP contribution in [0.1, 0.15) is 43.2 Å². The van der Waals surface area contributed by atoms with Gasteiger partial charge in [-0.25, -0.2) is 4.79 Å². The van der Waals surface area contributed by atoms with E-state index in [0.29, 0.717) is 6.42 Å². The van der Waals surface area contributed by atoms with Gasteiger partial charge >= 0.3 is 0 Å². The first-order valence-corrected chi connectivity index (χ1v) is 6.76. The molecule has 4 nitrogen and oxygen atoms in total. The third-order valence-electron chi connectivity index (χ3n) is 4.23. The van der Waals surface area contributed by atoms with Gasteiger partial charge in [-0.2, -0.15) is 4.99 Å². The van der Waals surface area contributed by atoms with Crippen LogP contribution in [-0.4, -0.2) is 12.0 Å². The van der Waals surface area contributed by atoms with E-state index in [9.17, 15) is 9.59 Å². The Balaban J connectivity index is 2.03. The number of rotatable bonds is 2. The highest BCUT2D eigenvalue weighted by Gasteiger charge is 2.36. The van der Waals surface area contributed by atoms with Gasteiger partial charge in [-0.05, 0) is 36.5 Å². The molecule has 4 heteroatoms. The summed E-state index contributed by atoms with van der Waals surface area (Å²) in [6.45, 7) is 0. The van der Waals surface area contributed by atoms with E-state index in [2.05, 4.69) is 10.3 Å². The maximum atomic E-state index is 11.5. The quantitative estimate of drug-likeness (QED) is 0.653. The minimum Gasteiger partial charge on any atom is -0.326 e. The molecule has 1 heterocycles. The number of amides is 1. The van der Waals surface area contributed by atoms with Crippen LogP contribution in [0, 0.1) is 0 Å². The second-order valence-electron chi connectivity index (χ2n) is 5.36. The van der Waals surface area contributed by atoms with Crippen molar-refractivity contribution in [3.05, 3.63) is 29.3 Å². The van der Waals surface area contributed by atoms with Gasteiger partial charge in [0.05, 0.1) is 5.54 Å². The second kappa shape index (κ2) is 4.63. The molecule has 1 aromatic carbocycles. The van der Waals surface area contributed by atoms with Gasteiger partial charge in [0.25, 0.3) is 0 Å². The number of aryl methyl sites for hydroxylation is 1. The molecule has 0 atom stereocenters. The predicted molar refractivity (Wildman–Crippen MR) is 71.7 cm³/mol. The standard InChI is InChI=1S/C15H16N2O2/c18-10-16-15(7-1-2-8-15)12-5-3-11-4-6-14(19)17-13(11)9-12/h3,5,9H,1-2,4,6-8H2,(H,17,19). The number of carbonyl (C=O) groups excluding carboxylic acids is 2. The number of anilines is 1. The van der Waals surface area contributed by atoms with E-state index < -0.39 is 5.54 Å². The summed E-state index contributed by atoms with van der Waals surface area (Å²) in [6.07, 6.45) is 6.98. The van der Waals surface area contributed by atoms with Crippen molar-refractivity contribution in [2.45, 2.75) is 44.1 Å². The number of nitrogens with one attached hydrogen (secondary N) is 1. The SMILES string of the molecule is O=C=NC1(c2ccc3c(c2)NC(=O)CC3)CCCC1. The van der Waals surface area contributed by atoms with Gasteiger partial charge < -0.3 is 5.32 Å². The Morgan fingerprint density at radius 2 is 2.00 bits per heavy atom. The van der Waals surface area contributed by atoms with Crippen LogP contribution in [0.25, 0.3) is 0 Å². The molecule has 1 N–H and O–H groups in total. The Hall–Kier alpha value is -1.93. The van der Waals surface area contributed by atoms with Crippen molar-refractivity contribution in [3.63, 3.8) is 0 Å². The molecule has 0 aromatic heterocycles. The highest BCUT2D eigenvalue weighted by molar-refractivity contribution is 5.94. The summed E-state index contributed by atoms with van der Waals surface area (Å²) in [5.74, 6) is 0.0593. The Labute approximate surface area is 111 Å². The number of hydrogen-bond acceptors (Lipinski definition) is 3. The van der Waals surface area contributed by atoms with Gasteiger partial charge in [0.1, 0.15) is 0 Å². The van der Waals surface area contributed by atoms with Crippen molar-refractivity contribution >= 4 is 17.7 Å². The number of aliphatic imine (C=N–C) groups is 1. The summed E-state index contributed by atoms with van der Waals surface area (Å²) in [4.78, 5) is 26.3. The smallest absolute Gasteiger partial charge is 0.235 e. The third-order valence-corrected chi connectivity index (χ3v) is 4.23. The number of hydrogen-bond donors (Lipinski definition) is 1. The molecule has 0 saturated heterocycles. The zero-order valence-corrected chi connectivity index (χ0v) is 10.7. The van der Waals surface area contributed by atoms with Crippen LogP contribution in [0.15, 0.2) is 23.2 Å². The zero-order chi connectivity index (χ0) is 13.3. The van der Waals surface area contributed by atoms with Gasteiger partial charge in [0, 0.05) is 12.1 Å². The van der Waals surface area contributed by atoms with Gasteiger partial charge in [-0.1, -0.05) is 25.0 Å². The van der Waals surface area contributed by atoms with Gasteiger partial charge in [0.15, 0.2) is 0 Å². The largest absolute Gasteiger partial charge is 0.326 e. The summed E-state index contributed by atoms with van der Waals surface area (Å²) >= 11 is 0. The number of isocyanates is 1. The third kappa shape index (κ3) is 2.08.